The minimum atomic E-state index is 0.322. The molecule has 6 heteroatoms. The van der Waals surface area contributed by atoms with Crippen molar-refractivity contribution in [3.8, 4) is 0 Å². The van der Waals surface area contributed by atoms with Gasteiger partial charge in [0.15, 0.2) is 5.96 Å². The number of nitrogens with two attached hydrogens (primary N) is 1. The molecule has 2 atom stereocenters. The predicted octanol–water partition coefficient (Wildman–Crippen LogP) is 3.26. The number of likely N-dealkylation sites (tertiary alicyclic amines) is 1. The summed E-state index contributed by atoms with van der Waals surface area (Å²) in [4.78, 5) is 11.3. The topological polar surface area (TPSA) is 66.5 Å². The minimum Gasteiger partial charge on any atom is -0.370 e. The van der Waals surface area contributed by atoms with Gasteiger partial charge in [0.2, 0.25) is 0 Å². The highest BCUT2D eigenvalue weighted by atomic mass is 35.5. The van der Waals surface area contributed by atoms with Gasteiger partial charge in [-0.3, -0.25) is 14.9 Å². The normalized spacial score (nSPS) is 21.2. The molecule has 27 heavy (non-hydrogen) atoms. The molecule has 1 aliphatic rings. The summed E-state index contributed by atoms with van der Waals surface area (Å²) in [5, 5.41) is 3.98. The van der Waals surface area contributed by atoms with Crippen LogP contribution in [0.5, 0.6) is 0 Å². The highest BCUT2D eigenvalue weighted by molar-refractivity contribution is 6.30. The molecule has 0 amide bonds. The lowest BCUT2D eigenvalue weighted by Gasteiger charge is -2.39. The van der Waals surface area contributed by atoms with Crippen molar-refractivity contribution >= 4 is 17.6 Å². The van der Waals surface area contributed by atoms with Crippen LogP contribution in [0.3, 0.4) is 0 Å². The highest BCUT2D eigenvalue weighted by Crippen LogP contribution is 2.36. The fraction of sp³-hybridized carbons (Fsp3) is 0.429. The van der Waals surface area contributed by atoms with E-state index in [1.165, 1.54) is 12.0 Å². The minimum absolute atomic E-state index is 0.322. The molecule has 0 saturated carbocycles. The third-order valence-electron chi connectivity index (χ3n) is 5.11. The smallest absolute Gasteiger partial charge is 0.188 e. The Hall–Kier alpha value is -2.11. The van der Waals surface area contributed by atoms with Crippen LogP contribution in [0, 0.1) is 5.92 Å². The molecule has 1 saturated heterocycles. The van der Waals surface area contributed by atoms with E-state index < -0.39 is 0 Å². The van der Waals surface area contributed by atoms with E-state index >= 15 is 0 Å². The Morgan fingerprint density at radius 2 is 2.22 bits per heavy atom. The predicted molar refractivity (Wildman–Crippen MR) is 112 cm³/mol. The summed E-state index contributed by atoms with van der Waals surface area (Å²) < 4.78 is 0. The molecule has 0 spiro atoms. The van der Waals surface area contributed by atoms with Crippen LogP contribution < -0.4 is 11.1 Å². The number of hydrogen-bond acceptors (Lipinski definition) is 3. The zero-order chi connectivity index (χ0) is 19.1. The lowest BCUT2D eigenvalue weighted by molar-refractivity contribution is 0.125. The van der Waals surface area contributed by atoms with E-state index in [-0.39, 0.29) is 0 Å². The molecule has 1 aromatic carbocycles. The van der Waals surface area contributed by atoms with E-state index in [0.717, 1.165) is 36.6 Å². The van der Waals surface area contributed by atoms with E-state index in [0.29, 0.717) is 24.5 Å². The van der Waals surface area contributed by atoms with Crippen LogP contribution in [-0.2, 0) is 6.42 Å². The first-order valence-electron chi connectivity index (χ1n) is 9.53. The number of rotatable bonds is 6. The summed E-state index contributed by atoms with van der Waals surface area (Å²) >= 11 is 6.21. The van der Waals surface area contributed by atoms with Crippen LogP contribution in [0.2, 0.25) is 5.02 Å². The monoisotopic (exact) mass is 385 g/mol. The zero-order valence-electron chi connectivity index (χ0n) is 15.8. The second-order valence-corrected chi connectivity index (χ2v) is 7.54. The van der Waals surface area contributed by atoms with Gasteiger partial charge in [-0.05, 0) is 62.2 Å². The number of hydrogen-bond donors (Lipinski definition) is 2. The number of benzene rings is 1. The molecular formula is C21H28ClN5. The van der Waals surface area contributed by atoms with Crippen LogP contribution >= 0.6 is 11.6 Å². The summed E-state index contributed by atoms with van der Waals surface area (Å²) in [5.74, 6) is 0.933. The number of nitrogens with zero attached hydrogens (tertiary/aromatic N) is 3. The molecule has 1 aliphatic heterocycles. The molecule has 0 aliphatic carbocycles. The van der Waals surface area contributed by atoms with E-state index in [2.05, 4.69) is 39.4 Å². The van der Waals surface area contributed by atoms with E-state index in [4.69, 9.17) is 17.3 Å². The highest BCUT2D eigenvalue weighted by Gasteiger charge is 2.30. The summed E-state index contributed by atoms with van der Waals surface area (Å²) in [6, 6.07) is 14.4. The fourth-order valence-electron chi connectivity index (χ4n) is 3.80. The first-order chi connectivity index (χ1) is 13.1. The quantitative estimate of drug-likeness (QED) is 0.591. The van der Waals surface area contributed by atoms with Gasteiger partial charge >= 0.3 is 0 Å². The van der Waals surface area contributed by atoms with Crippen molar-refractivity contribution < 1.29 is 0 Å². The Balaban J connectivity index is 1.57. The average molecular weight is 386 g/mol. The summed E-state index contributed by atoms with van der Waals surface area (Å²) in [5.41, 5.74) is 8.39. The average Bonchev–Trinajstić information content (AvgIpc) is 2.67. The van der Waals surface area contributed by atoms with Gasteiger partial charge in [0.25, 0.3) is 0 Å². The Labute approximate surface area is 166 Å². The summed E-state index contributed by atoms with van der Waals surface area (Å²) in [6.07, 6.45) is 4.96. The molecule has 144 valence electrons. The van der Waals surface area contributed by atoms with E-state index in [1.807, 2.05) is 36.5 Å². The number of aliphatic imine (C=N–C) groups is 1. The number of guanidine groups is 1. The molecule has 3 N–H and O–H groups in total. The first kappa shape index (κ1) is 19.6. The second kappa shape index (κ2) is 9.72. The van der Waals surface area contributed by atoms with Crippen molar-refractivity contribution in [1.29, 1.82) is 0 Å². The van der Waals surface area contributed by atoms with Crippen LogP contribution in [0.25, 0.3) is 0 Å². The summed E-state index contributed by atoms with van der Waals surface area (Å²) in [7, 11) is 2.18. The summed E-state index contributed by atoms with van der Waals surface area (Å²) in [6.45, 7) is 2.54. The van der Waals surface area contributed by atoms with Crippen molar-refractivity contribution in [2.24, 2.45) is 16.6 Å². The van der Waals surface area contributed by atoms with Crippen molar-refractivity contribution in [3.63, 3.8) is 0 Å². The maximum atomic E-state index is 6.21. The van der Waals surface area contributed by atoms with E-state index in [1.54, 1.807) is 0 Å². The van der Waals surface area contributed by atoms with Gasteiger partial charge in [0, 0.05) is 42.5 Å². The Morgan fingerprint density at radius 1 is 1.33 bits per heavy atom. The molecule has 5 nitrogen and oxygen atoms in total. The molecule has 3 rings (SSSR count). The van der Waals surface area contributed by atoms with Crippen LogP contribution in [-0.4, -0.2) is 42.5 Å². The van der Waals surface area contributed by atoms with Crippen molar-refractivity contribution in [1.82, 2.24) is 15.2 Å². The number of aromatic nitrogens is 1. The second-order valence-electron chi connectivity index (χ2n) is 7.11. The molecule has 2 aromatic rings. The van der Waals surface area contributed by atoms with Crippen molar-refractivity contribution in [2.45, 2.75) is 25.3 Å². The number of pyridine rings is 1. The van der Waals surface area contributed by atoms with Crippen molar-refractivity contribution in [2.75, 3.05) is 26.7 Å². The standard InChI is InChI=1S/C21H28ClN5/c1-27-13-5-7-17(20(27)16-6-4-8-18(22)14-16)15-26-21(23)25-12-10-19-9-2-3-11-24-19/h2-4,6,8-9,11,14,17,20H,5,7,10,12-13,15H2,1H3,(H3,23,25,26). The third-order valence-corrected chi connectivity index (χ3v) is 5.34. The van der Waals surface area contributed by atoms with Gasteiger partial charge in [-0.2, -0.15) is 0 Å². The molecule has 1 aromatic heterocycles. The Kier molecular flexibility index (Phi) is 7.07. The fourth-order valence-corrected chi connectivity index (χ4v) is 4.00. The van der Waals surface area contributed by atoms with E-state index in [9.17, 15) is 0 Å². The van der Waals surface area contributed by atoms with Crippen LogP contribution in [0.1, 0.15) is 30.1 Å². The molecule has 0 radical (unpaired) electrons. The Morgan fingerprint density at radius 3 is 3.00 bits per heavy atom. The number of halogens is 1. The first-order valence-corrected chi connectivity index (χ1v) is 9.90. The van der Waals surface area contributed by atoms with Crippen LogP contribution in [0.15, 0.2) is 53.7 Å². The lowest BCUT2D eigenvalue weighted by Crippen LogP contribution is -2.39. The van der Waals surface area contributed by atoms with Crippen LogP contribution in [0.4, 0.5) is 0 Å². The molecule has 2 unspecified atom stereocenters. The van der Waals surface area contributed by atoms with Gasteiger partial charge in [-0.15, -0.1) is 0 Å². The van der Waals surface area contributed by atoms with Gasteiger partial charge in [-0.1, -0.05) is 29.8 Å². The zero-order valence-corrected chi connectivity index (χ0v) is 16.6. The molecule has 0 bridgehead atoms. The SMILES string of the molecule is CN1CCCC(CN=C(N)NCCc2ccccn2)C1c1cccc(Cl)c1. The van der Waals surface area contributed by atoms with Gasteiger partial charge in [0.1, 0.15) is 0 Å². The molecule has 2 heterocycles. The molecular weight excluding hydrogens is 358 g/mol. The van der Waals surface area contributed by atoms with Gasteiger partial charge in [0.05, 0.1) is 0 Å². The maximum absolute atomic E-state index is 6.21. The Bertz CT molecular complexity index is 749. The van der Waals surface area contributed by atoms with Gasteiger partial charge in [-0.25, -0.2) is 0 Å². The number of nitrogens with one attached hydrogen (secondary N) is 1. The van der Waals surface area contributed by atoms with Crippen molar-refractivity contribution in [3.05, 3.63) is 64.9 Å². The largest absolute Gasteiger partial charge is 0.370 e. The number of piperidine rings is 1. The lowest BCUT2D eigenvalue weighted by atomic mass is 9.85. The van der Waals surface area contributed by atoms with Gasteiger partial charge < -0.3 is 11.1 Å². The molecule has 1 fully saturated rings. The third kappa shape index (κ3) is 5.68. The maximum Gasteiger partial charge on any atom is 0.188 e.